The molecule has 1 aliphatic heterocycles. The van der Waals surface area contributed by atoms with Crippen LogP contribution in [0.25, 0.3) is 11.3 Å². The van der Waals surface area contributed by atoms with Crippen LogP contribution in [-0.2, 0) is 11.3 Å². The van der Waals surface area contributed by atoms with E-state index in [0.717, 1.165) is 5.56 Å². The number of ketones is 1. The van der Waals surface area contributed by atoms with Crippen molar-refractivity contribution < 1.29 is 14.3 Å². The molecule has 2 aromatic heterocycles. The Kier molecular flexibility index (Phi) is 3.92. The number of nitrogens with zero attached hydrogens (tertiary/aromatic N) is 5. The first-order chi connectivity index (χ1) is 12.7. The van der Waals surface area contributed by atoms with Crippen LogP contribution >= 0.6 is 0 Å². The largest absolute Gasteiger partial charge is 0.481 e. The van der Waals surface area contributed by atoms with Crippen molar-refractivity contribution in [3.8, 4) is 17.1 Å². The fraction of sp³-hybridized carbons (Fsp3) is 0.167. The summed E-state index contributed by atoms with van der Waals surface area (Å²) in [6, 6.07) is 10.6. The second-order valence-corrected chi connectivity index (χ2v) is 5.73. The normalized spacial score (nSPS) is 13.2. The van der Waals surface area contributed by atoms with E-state index in [1.807, 2.05) is 6.07 Å². The minimum Gasteiger partial charge on any atom is -0.481 e. The van der Waals surface area contributed by atoms with E-state index < -0.39 is 11.7 Å². The van der Waals surface area contributed by atoms with Gasteiger partial charge in [0, 0.05) is 12.7 Å². The molecule has 8 heteroatoms. The van der Waals surface area contributed by atoms with Crippen LogP contribution in [0.1, 0.15) is 10.4 Å². The molecule has 0 atom stereocenters. The summed E-state index contributed by atoms with van der Waals surface area (Å²) >= 11 is 0. The van der Waals surface area contributed by atoms with Crippen LogP contribution in [-0.4, -0.2) is 45.3 Å². The van der Waals surface area contributed by atoms with E-state index in [1.165, 1.54) is 4.90 Å². The van der Waals surface area contributed by atoms with Crippen molar-refractivity contribution in [2.75, 3.05) is 18.6 Å². The number of anilines is 1. The molecule has 8 nitrogen and oxygen atoms in total. The Labute approximate surface area is 149 Å². The highest BCUT2D eigenvalue weighted by Gasteiger charge is 2.35. The highest BCUT2D eigenvalue weighted by Crippen LogP contribution is 2.28. The van der Waals surface area contributed by atoms with E-state index in [2.05, 4.69) is 15.3 Å². The van der Waals surface area contributed by atoms with Crippen LogP contribution < -0.4 is 9.64 Å². The Morgan fingerprint density at radius 1 is 1.04 bits per heavy atom. The summed E-state index contributed by atoms with van der Waals surface area (Å²) in [5.74, 6) is -0.519. The summed E-state index contributed by atoms with van der Waals surface area (Å²) in [5.41, 5.74) is 2.44. The fourth-order valence-corrected chi connectivity index (χ4v) is 2.95. The van der Waals surface area contributed by atoms with Gasteiger partial charge >= 0.3 is 0 Å². The van der Waals surface area contributed by atoms with Gasteiger partial charge in [-0.15, -0.1) is 5.10 Å². The van der Waals surface area contributed by atoms with Crippen LogP contribution in [0.2, 0.25) is 0 Å². The lowest BCUT2D eigenvalue weighted by atomic mass is 10.1. The topological polar surface area (TPSA) is 90.2 Å². The zero-order chi connectivity index (χ0) is 18.1. The molecule has 0 saturated heterocycles. The lowest BCUT2D eigenvalue weighted by Crippen LogP contribution is -2.32. The quantitative estimate of drug-likeness (QED) is 0.650. The van der Waals surface area contributed by atoms with Crippen molar-refractivity contribution in [2.45, 2.75) is 6.54 Å². The van der Waals surface area contributed by atoms with Crippen LogP contribution in [0, 0.1) is 0 Å². The number of amides is 1. The molecule has 0 N–H and O–H groups in total. The number of carbonyl (C=O) groups is 2. The average Bonchev–Trinajstić information content (AvgIpc) is 3.24. The van der Waals surface area contributed by atoms with Gasteiger partial charge in [0.1, 0.15) is 5.69 Å². The van der Waals surface area contributed by atoms with Crippen LogP contribution in [0.5, 0.6) is 5.88 Å². The van der Waals surface area contributed by atoms with Gasteiger partial charge in [-0.1, -0.05) is 17.3 Å². The molecule has 0 aliphatic carbocycles. The number of Topliss-reactive ketones (excluding diaryl/α,β-unsaturated/α-hetero) is 1. The van der Waals surface area contributed by atoms with Gasteiger partial charge < -0.3 is 9.64 Å². The number of pyridine rings is 1. The number of hydrogen-bond acceptors (Lipinski definition) is 6. The molecule has 1 aliphatic rings. The summed E-state index contributed by atoms with van der Waals surface area (Å²) in [6.45, 7) is 0.734. The number of carbonyl (C=O) groups excluding carboxylic acids is 2. The van der Waals surface area contributed by atoms with Gasteiger partial charge in [0.25, 0.3) is 11.7 Å². The standard InChI is InChI=1S/C18H15N5O3/c1-26-17-12(6-4-8-19-17)14-11-22(21-20-14)9-10-23-15-7-3-2-5-13(15)16(24)18(23)25/h2-8,11H,9-10H2,1H3. The van der Waals surface area contributed by atoms with E-state index in [0.29, 0.717) is 35.9 Å². The number of methoxy groups -OCH3 is 1. The van der Waals surface area contributed by atoms with Gasteiger partial charge in [-0.25, -0.2) is 4.98 Å². The van der Waals surface area contributed by atoms with Crippen LogP contribution in [0.15, 0.2) is 48.8 Å². The Balaban J connectivity index is 1.52. The molecule has 1 aromatic carbocycles. The molecule has 26 heavy (non-hydrogen) atoms. The number of ether oxygens (including phenoxy) is 1. The molecule has 0 radical (unpaired) electrons. The minimum absolute atomic E-state index is 0.328. The van der Waals surface area contributed by atoms with E-state index in [9.17, 15) is 9.59 Å². The first-order valence-electron chi connectivity index (χ1n) is 8.04. The Morgan fingerprint density at radius 2 is 1.85 bits per heavy atom. The van der Waals surface area contributed by atoms with Gasteiger partial charge in [0.05, 0.1) is 36.7 Å². The highest BCUT2D eigenvalue weighted by molar-refractivity contribution is 6.52. The van der Waals surface area contributed by atoms with E-state index >= 15 is 0 Å². The maximum atomic E-state index is 12.2. The molecular weight excluding hydrogens is 334 g/mol. The monoisotopic (exact) mass is 349 g/mol. The SMILES string of the molecule is COc1ncccc1-c1cn(CCN2C(=O)C(=O)c3ccccc32)nn1. The second-order valence-electron chi connectivity index (χ2n) is 5.73. The zero-order valence-electron chi connectivity index (χ0n) is 14.0. The molecule has 130 valence electrons. The summed E-state index contributed by atoms with van der Waals surface area (Å²) in [4.78, 5) is 29.9. The lowest BCUT2D eigenvalue weighted by molar-refractivity contribution is -0.114. The van der Waals surface area contributed by atoms with Crippen molar-refractivity contribution in [1.82, 2.24) is 20.0 Å². The molecule has 4 rings (SSSR count). The third-order valence-corrected chi connectivity index (χ3v) is 4.21. The van der Waals surface area contributed by atoms with Crippen molar-refractivity contribution in [1.29, 1.82) is 0 Å². The zero-order valence-corrected chi connectivity index (χ0v) is 14.0. The predicted molar refractivity (Wildman–Crippen MR) is 92.9 cm³/mol. The highest BCUT2D eigenvalue weighted by atomic mass is 16.5. The fourth-order valence-electron chi connectivity index (χ4n) is 2.95. The van der Waals surface area contributed by atoms with Crippen LogP contribution in [0.3, 0.4) is 0 Å². The summed E-state index contributed by atoms with van der Waals surface area (Å²) in [6.07, 6.45) is 3.40. The first-order valence-corrected chi connectivity index (χ1v) is 8.04. The Hall–Kier alpha value is -3.55. The number of aromatic nitrogens is 4. The lowest BCUT2D eigenvalue weighted by Gasteiger charge is -2.15. The molecular formula is C18H15N5O3. The van der Waals surface area contributed by atoms with Crippen molar-refractivity contribution >= 4 is 17.4 Å². The summed E-state index contributed by atoms with van der Waals surface area (Å²) in [5, 5.41) is 8.23. The smallest absolute Gasteiger partial charge is 0.299 e. The van der Waals surface area contributed by atoms with Crippen molar-refractivity contribution in [3.05, 3.63) is 54.4 Å². The Bertz CT molecular complexity index is 998. The molecule has 0 saturated carbocycles. The maximum Gasteiger partial charge on any atom is 0.299 e. The second kappa shape index (κ2) is 6.40. The molecule has 1 amide bonds. The average molecular weight is 349 g/mol. The molecule has 3 heterocycles. The predicted octanol–water partition coefficient (Wildman–Crippen LogP) is 1.58. The minimum atomic E-state index is -0.513. The number of para-hydroxylation sites is 1. The van der Waals surface area contributed by atoms with Gasteiger partial charge in [0.2, 0.25) is 5.88 Å². The maximum absolute atomic E-state index is 12.2. The first kappa shape index (κ1) is 15.9. The van der Waals surface area contributed by atoms with Gasteiger partial charge in [-0.2, -0.15) is 0 Å². The van der Waals surface area contributed by atoms with E-state index in [4.69, 9.17) is 4.74 Å². The van der Waals surface area contributed by atoms with E-state index in [-0.39, 0.29) is 0 Å². The molecule has 0 fully saturated rings. The summed E-state index contributed by atoms with van der Waals surface area (Å²) < 4.78 is 6.86. The molecule has 3 aromatic rings. The number of fused-ring (bicyclic) bond motifs is 1. The van der Waals surface area contributed by atoms with E-state index in [1.54, 1.807) is 54.5 Å². The number of rotatable bonds is 5. The third kappa shape index (κ3) is 2.61. The third-order valence-electron chi connectivity index (χ3n) is 4.21. The molecule has 0 spiro atoms. The number of hydrogen-bond donors (Lipinski definition) is 0. The van der Waals surface area contributed by atoms with Crippen molar-refractivity contribution in [3.63, 3.8) is 0 Å². The van der Waals surface area contributed by atoms with Crippen LogP contribution in [0.4, 0.5) is 5.69 Å². The molecule has 0 bridgehead atoms. The van der Waals surface area contributed by atoms with Crippen molar-refractivity contribution in [2.24, 2.45) is 0 Å². The van der Waals surface area contributed by atoms with Gasteiger partial charge in [0.15, 0.2) is 0 Å². The number of benzene rings is 1. The molecule has 0 unspecified atom stereocenters. The Morgan fingerprint density at radius 3 is 2.69 bits per heavy atom. The van der Waals surface area contributed by atoms with Gasteiger partial charge in [-0.05, 0) is 24.3 Å². The summed E-state index contributed by atoms with van der Waals surface area (Å²) in [7, 11) is 1.55. The van der Waals surface area contributed by atoms with Gasteiger partial charge in [-0.3, -0.25) is 14.3 Å².